The van der Waals surface area contributed by atoms with Crippen LogP contribution in [0.4, 0.5) is 10.5 Å². The van der Waals surface area contributed by atoms with Crippen LogP contribution in [-0.4, -0.2) is 51.7 Å². The van der Waals surface area contributed by atoms with Gasteiger partial charge >= 0.3 is 6.03 Å². The number of nitrogens with one attached hydrogen (secondary N) is 3. The van der Waals surface area contributed by atoms with Crippen molar-refractivity contribution in [3.05, 3.63) is 54.0 Å². The molecule has 8 heteroatoms. The van der Waals surface area contributed by atoms with Crippen LogP contribution in [0, 0.1) is 0 Å². The number of carbonyl (C=O) groups is 2. The maximum absolute atomic E-state index is 13.1. The molecule has 8 nitrogen and oxygen atoms in total. The summed E-state index contributed by atoms with van der Waals surface area (Å²) in [6.07, 6.45) is 3.40. The zero-order chi connectivity index (χ0) is 20.2. The van der Waals surface area contributed by atoms with Crippen LogP contribution in [0.1, 0.15) is 41.9 Å². The first-order chi connectivity index (χ1) is 14.2. The normalized spacial score (nSPS) is 16.6. The number of amides is 3. The lowest BCUT2D eigenvalue weighted by atomic mass is 9.93. The van der Waals surface area contributed by atoms with E-state index < -0.39 is 0 Å². The highest BCUT2D eigenvalue weighted by Gasteiger charge is 2.29. The number of pyridine rings is 1. The van der Waals surface area contributed by atoms with Crippen LogP contribution in [0.3, 0.4) is 0 Å². The van der Waals surface area contributed by atoms with E-state index in [1.165, 1.54) is 0 Å². The maximum Gasteiger partial charge on any atom is 0.319 e. The van der Waals surface area contributed by atoms with Crippen LogP contribution >= 0.6 is 0 Å². The first kappa shape index (κ1) is 18.9. The fourth-order valence-electron chi connectivity index (χ4n) is 3.78. The second-order valence-electron chi connectivity index (χ2n) is 7.16. The minimum Gasteiger partial charge on any atom is -0.338 e. The molecule has 1 saturated heterocycles. The molecule has 1 unspecified atom stereocenters. The molecule has 3 aromatic rings. The van der Waals surface area contributed by atoms with Crippen LogP contribution in [0.15, 0.2) is 42.6 Å². The third-order valence-corrected chi connectivity index (χ3v) is 5.19. The highest BCUT2D eigenvalue weighted by molar-refractivity contribution is 5.95. The number of nitrogens with zero attached hydrogens (tertiary/aromatic N) is 3. The molecule has 3 N–H and O–H groups in total. The SMILES string of the molecule is CCNC(=O)Nc1cn[nH]c1C1CCCN(C(=O)c2ccc3ccccc3n2)C1. The first-order valence-electron chi connectivity index (χ1n) is 9.89. The summed E-state index contributed by atoms with van der Waals surface area (Å²) >= 11 is 0. The molecule has 1 fully saturated rings. The van der Waals surface area contributed by atoms with E-state index in [1.54, 1.807) is 12.3 Å². The van der Waals surface area contributed by atoms with Crippen molar-refractivity contribution in [2.45, 2.75) is 25.7 Å². The topological polar surface area (TPSA) is 103 Å². The maximum atomic E-state index is 13.1. The number of hydrogen-bond donors (Lipinski definition) is 3. The quantitative estimate of drug-likeness (QED) is 0.635. The molecule has 0 bridgehead atoms. The molecule has 4 rings (SSSR count). The van der Waals surface area contributed by atoms with Crippen molar-refractivity contribution in [2.24, 2.45) is 0 Å². The molecule has 2 aromatic heterocycles. The number of para-hydroxylation sites is 1. The molecular formula is C21H24N6O2. The molecular weight excluding hydrogens is 368 g/mol. The number of aromatic nitrogens is 3. The van der Waals surface area contributed by atoms with Crippen LogP contribution in [0.25, 0.3) is 10.9 Å². The molecule has 1 aliphatic rings. The van der Waals surface area contributed by atoms with E-state index in [-0.39, 0.29) is 17.9 Å². The zero-order valence-electron chi connectivity index (χ0n) is 16.3. The molecule has 0 aliphatic carbocycles. The summed E-state index contributed by atoms with van der Waals surface area (Å²) in [6, 6.07) is 11.2. The summed E-state index contributed by atoms with van der Waals surface area (Å²) in [7, 11) is 0. The second kappa shape index (κ2) is 8.30. The number of piperidine rings is 1. The van der Waals surface area contributed by atoms with E-state index in [9.17, 15) is 9.59 Å². The molecule has 3 heterocycles. The monoisotopic (exact) mass is 392 g/mol. The average molecular weight is 392 g/mol. The summed E-state index contributed by atoms with van der Waals surface area (Å²) < 4.78 is 0. The average Bonchev–Trinajstić information content (AvgIpc) is 3.21. The van der Waals surface area contributed by atoms with E-state index in [4.69, 9.17) is 0 Å². The van der Waals surface area contributed by atoms with Crippen molar-refractivity contribution < 1.29 is 9.59 Å². The number of fused-ring (bicyclic) bond motifs is 1. The molecule has 3 amide bonds. The van der Waals surface area contributed by atoms with Gasteiger partial charge in [-0.1, -0.05) is 24.3 Å². The number of carbonyl (C=O) groups excluding carboxylic acids is 2. The predicted molar refractivity (Wildman–Crippen MR) is 111 cm³/mol. The third kappa shape index (κ3) is 4.06. The number of hydrogen-bond acceptors (Lipinski definition) is 4. The van der Waals surface area contributed by atoms with Crippen LogP contribution < -0.4 is 10.6 Å². The van der Waals surface area contributed by atoms with Crippen LogP contribution in [0.2, 0.25) is 0 Å². The summed E-state index contributed by atoms with van der Waals surface area (Å²) in [4.78, 5) is 31.3. The van der Waals surface area contributed by atoms with Crippen molar-refractivity contribution in [2.75, 3.05) is 25.0 Å². The van der Waals surface area contributed by atoms with Crippen molar-refractivity contribution in [1.82, 2.24) is 25.4 Å². The molecule has 0 saturated carbocycles. The lowest BCUT2D eigenvalue weighted by Gasteiger charge is -2.32. The smallest absolute Gasteiger partial charge is 0.319 e. The fraction of sp³-hybridized carbons (Fsp3) is 0.333. The van der Waals surface area contributed by atoms with Gasteiger partial charge in [0.2, 0.25) is 0 Å². The van der Waals surface area contributed by atoms with Crippen LogP contribution in [0.5, 0.6) is 0 Å². The summed E-state index contributed by atoms with van der Waals surface area (Å²) in [5.41, 5.74) is 2.77. The zero-order valence-corrected chi connectivity index (χ0v) is 16.3. The largest absolute Gasteiger partial charge is 0.338 e. The summed E-state index contributed by atoms with van der Waals surface area (Å²) in [5, 5.41) is 13.6. The number of urea groups is 1. The lowest BCUT2D eigenvalue weighted by molar-refractivity contribution is 0.0700. The minimum absolute atomic E-state index is 0.0711. The number of benzene rings is 1. The van der Waals surface area contributed by atoms with E-state index >= 15 is 0 Å². The summed E-state index contributed by atoms with van der Waals surface area (Å²) in [5.74, 6) is 0.00536. The molecule has 1 atom stereocenters. The Kier molecular flexibility index (Phi) is 5.41. The standard InChI is InChI=1S/C21H24N6O2/c1-2-22-21(29)25-18-12-23-26-19(18)15-7-5-11-27(13-15)20(28)17-10-9-14-6-3-4-8-16(14)24-17/h3-4,6,8-10,12,15H,2,5,7,11,13H2,1H3,(H,23,26)(H2,22,25,29). The van der Waals surface area contributed by atoms with Crippen LogP contribution in [-0.2, 0) is 0 Å². The fourth-order valence-corrected chi connectivity index (χ4v) is 3.78. The van der Waals surface area contributed by atoms with Gasteiger partial charge in [-0.25, -0.2) is 9.78 Å². The number of rotatable bonds is 4. The molecule has 0 radical (unpaired) electrons. The van der Waals surface area contributed by atoms with E-state index in [1.807, 2.05) is 42.2 Å². The summed E-state index contributed by atoms with van der Waals surface area (Å²) in [6.45, 7) is 3.65. The Labute approximate surface area is 168 Å². The van der Waals surface area contributed by atoms with Gasteiger partial charge in [0.1, 0.15) is 5.69 Å². The van der Waals surface area contributed by atoms with Gasteiger partial charge in [-0.2, -0.15) is 5.10 Å². The number of aromatic amines is 1. The van der Waals surface area contributed by atoms with Gasteiger partial charge in [0, 0.05) is 30.9 Å². The number of H-pyrrole nitrogens is 1. The van der Waals surface area contributed by atoms with Crippen molar-refractivity contribution in [1.29, 1.82) is 0 Å². The second-order valence-corrected chi connectivity index (χ2v) is 7.16. The van der Waals surface area contributed by atoms with Gasteiger partial charge in [-0.3, -0.25) is 9.89 Å². The molecule has 1 aliphatic heterocycles. The Hall–Kier alpha value is -3.42. The van der Waals surface area contributed by atoms with Gasteiger partial charge in [-0.15, -0.1) is 0 Å². The Balaban J connectivity index is 1.50. The van der Waals surface area contributed by atoms with Gasteiger partial charge in [0.25, 0.3) is 5.91 Å². The van der Waals surface area contributed by atoms with Crippen molar-refractivity contribution in [3.8, 4) is 0 Å². The first-order valence-corrected chi connectivity index (χ1v) is 9.89. The number of likely N-dealkylation sites (tertiary alicyclic amines) is 1. The molecule has 1 aromatic carbocycles. The predicted octanol–water partition coefficient (Wildman–Crippen LogP) is 3.12. The third-order valence-electron chi connectivity index (χ3n) is 5.19. The van der Waals surface area contributed by atoms with Gasteiger partial charge in [0.15, 0.2) is 0 Å². The van der Waals surface area contributed by atoms with Gasteiger partial charge in [-0.05, 0) is 31.9 Å². The van der Waals surface area contributed by atoms with Gasteiger partial charge in [0.05, 0.1) is 23.1 Å². The Morgan fingerprint density at radius 3 is 2.97 bits per heavy atom. The highest BCUT2D eigenvalue weighted by Crippen LogP contribution is 2.31. The molecule has 29 heavy (non-hydrogen) atoms. The van der Waals surface area contributed by atoms with E-state index in [0.717, 1.165) is 29.4 Å². The Bertz CT molecular complexity index is 1030. The Morgan fingerprint density at radius 1 is 1.24 bits per heavy atom. The van der Waals surface area contributed by atoms with E-state index in [0.29, 0.717) is 31.0 Å². The molecule has 150 valence electrons. The van der Waals surface area contributed by atoms with Crippen molar-refractivity contribution in [3.63, 3.8) is 0 Å². The van der Waals surface area contributed by atoms with Gasteiger partial charge < -0.3 is 15.5 Å². The molecule has 0 spiro atoms. The van der Waals surface area contributed by atoms with Crippen molar-refractivity contribution >= 4 is 28.5 Å². The lowest BCUT2D eigenvalue weighted by Crippen LogP contribution is -2.39. The minimum atomic E-state index is -0.265. The highest BCUT2D eigenvalue weighted by atomic mass is 16.2. The number of anilines is 1. The van der Waals surface area contributed by atoms with E-state index in [2.05, 4.69) is 25.8 Å². The Morgan fingerprint density at radius 2 is 2.10 bits per heavy atom.